The molecule has 3 nitrogen and oxygen atoms in total. The van der Waals surface area contributed by atoms with E-state index in [2.05, 4.69) is 25.2 Å². The SMILES string of the molecule is CC(=O)[C@@]12N[C@@H]1C[C@@H]1[C@H]3CC=C4C[C@@H](O)CC[C@]4(C)[C@@H]3CC[C@@]12C. The van der Waals surface area contributed by atoms with Crippen molar-refractivity contribution in [2.75, 3.05) is 0 Å². The maximum absolute atomic E-state index is 12.5. The second-order valence-corrected chi connectivity index (χ2v) is 9.91. The molecule has 1 heterocycles. The zero-order valence-corrected chi connectivity index (χ0v) is 15.3. The summed E-state index contributed by atoms with van der Waals surface area (Å²) in [5, 5.41) is 13.7. The number of allylic oxidation sites excluding steroid dienone is 1. The lowest BCUT2D eigenvalue weighted by atomic mass is 9.46. The van der Waals surface area contributed by atoms with E-state index >= 15 is 0 Å². The van der Waals surface area contributed by atoms with Crippen LogP contribution >= 0.6 is 0 Å². The van der Waals surface area contributed by atoms with Crippen LogP contribution in [0.1, 0.15) is 65.7 Å². The van der Waals surface area contributed by atoms with Crippen LogP contribution in [-0.2, 0) is 4.79 Å². The number of Topliss-reactive ketones (excluding diaryl/α,β-unsaturated/α-hetero) is 1. The largest absolute Gasteiger partial charge is 0.393 e. The fraction of sp³-hybridized carbons (Fsp3) is 0.857. The minimum absolute atomic E-state index is 0.126. The first-order valence-corrected chi connectivity index (χ1v) is 9.99. The molecular formula is C21H31NO2. The fourth-order valence-corrected chi connectivity index (χ4v) is 7.92. The highest BCUT2D eigenvalue weighted by Gasteiger charge is 2.77. The molecule has 0 amide bonds. The number of carbonyl (C=O) groups is 1. The van der Waals surface area contributed by atoms with Crippen molar-refractivity contribution in [2.45, 2.75) is 83.4 Å². The summed E-state index contributed by atoms with van der Waals surface area (Å²) in [6.07, 6.45) is 10.2. The van der Waals surface area contributed by atoms with E-state index in [1.807, 2.05) is 0 Å². The molecule has 132 valence electrons. The van der Waals surface area contributed by atoms with E-state index in [1.165, 1.54) is 31.3 Å². The Morgan fingerprint density at radius 3 is 2.79 bits per heavy atom. The van der Waals surface area contributed by atoms with Crippen molar-refractivity contribution in [3.05, 3.63) is 11.6 Å². The predicted molar refractivity (Wildman–Crippen MR) is 93.4 cm³/mol. The molecule has 3 saturated carbocycles. The van der Waals surface area contributed by atoms with Crippen molar-refractivity contribution in [3.63, 3.8) is 0 Å². The summed E-state index contributed by atoms with van der Waals surface area (Å²) >= 11 is 0. The average Bonchev–Trinajstić information content (AvgIpc) is 3.21. The third-order valence-corrected chi connectivity index (χ3v) is 9.25. The van der Waals surface area contributed by atoms with Gasteiger partial charge in [-0.15, -0.1) is 0 Å². The Bertz CT molecular complexity index is 642. The summed E-state index contributed by atoms with van der Waals surface area (Å²) in [4.78, 5) is 12.5. The Balaban J connectivity index is 1.51. The van der Waals surface area contributed by atoms with Gasteiger partial charge >= 0.3 is 0 Å². The summed E-state index contributed by atoms with van der Waals surface area (Å²) in [6.45, 7) is 6.68. The highest BCUT2D eigenvalue weighted by molar-refractivity contribution is 5.92. The Labute approximate surface area is 145 Å². The number of fused-ring (bicyclic) bond motifs is 7. The molecule has 24 heavy (non-hydrogen) atoms. The molecule has 8 atom stereocenters. The average molecular weight is 329 g/mol. The lowest BCUT2D eigenvalue weighted by Crippen LogP contribution is -2.55. The monoisotopic (exact) mass is 329 g/mol. The van der Waals surface area contributed by atoms with Gasteiger partial charge in [0.15, 0.2) is 5.78 Å². The third kappa shape index (κ3) is 1.60. The van der Waals surface area contributed by atoms with Crippen molar-refractivity contribution >= 4 is 5.78 Å². The van der Waals surface area contributed by atoms with Gasteiger partial charge in [0.05, 0.1) is 11.6 Å². The van der Waals surface area contributed by atoms with Crippen LogP contribution in [0.3, 0.4) is 0 Å². The molecule has 0 bridgehead atoms. The molecule has 0 unspecified atom stereocenters. The van der Waals surface area contributed by atoms with Gasteiger partial charge in [-0.25, -0.2) is 0 Å². The Hall–Kier alpha value is -0.670. The topological polar surface area (TPSA) is 59.2 Å². The Morgan fingerprint density at radius 2 is 2.04 bits per heavy atom. The number of aliphatic hydroxyl groups is 1. The van der Waals surface area contributed by atoms with Crippen LogP contribution in [0, 0.1) is 28.6 Å². The predicted octanol–water partition coefficient (Wildman–Crippen LogP) is 3.22. The van der Waals surface area contributed by atoms with E-state index < -0.39 is 0 Å². The molecule has 4 aliphatic carbocycles. The smallest absolute Gasteiger partial charge is 0.151 e. The number of piperidine rings is 1. The van der Waals surface area contributed by atoms with Crippen LogP contribution in [0.2, 0.25) is 0 Å². The molecule has 0 radical (unpaired) electrons. The molecule has 2 N–H and O–H groups in total. The lowest BCUT2D eigenvalue weighted by Gasteiger charge is -2.58. The molecule has 1 saturated heterocycles. The van der Waals surface area contributed by atoms with Crippen molar-refractivity contribution in [1.29, 1.82) is 0 Å². The van der Waals surface area contributed by atoms with E-state index in [1.54, 1.807) is 6.92 Å². The zero-order chi connectivity index (χ0) is 16.9. The van der Waals surface area contributed by atoms with Crippen molar-refractivity contribution < 1.29 is 9.90 Å². The number of hydrogen-bond donors (Lipinski definition) is 2. The third-order valence-electron chi connectivity index (χ3n) is 9.25. The molecule has 5 rings (SSSR count). The minimum Gasteiger partial charge on any atom is -0.393 e. The van der Waals surface area contributed by atoms with Crippen molar-refractivity contribution in [1.82, 2.24) is 5.32 Å². The number of ketones is 1. The number of rotatable bonds is 1. The molecule has 0 spiro atoms. The van der Waals surface area contributed by atoms with Gasteiger partial charge in [0.1, 0.15) is 0 Å². The van der Waals surface area contributed by atoms with Crippen LogP contribution in [0.15, 0.2) is 11.6 Å². The summed E-state index contributed by atoms with van der Waals surface area (Å²) in [5.74, 6) is 2.55. The highest BCUT2D eigenvalue weighted by Crippen LogP contribution is 2.70. The maximum atomic E-state index is 12.5. The molecular weight excluding hydrogens is 298 g/mol. The maximum Gasteiger partial charge on any atom is 0.151 e. The molecule has 4 fully saturated rings. The zero-order valence-electron chi connectivity index (χ0n) is 15.3. The van der Waals surface area contributed by atoms with E-state index in [0.29, 0.717) is 23.2 Å². The minimum atomic E-state index is -0.198. The highest BCUT2D eigenvalue weighted by atomic mass is 16.3. The first-order chi connectivity index (χ1) is 11.3. The molecule has 0 aromatic carbocycles. The van der Waals surface area contributed by atoms with Gasteiger partial charge in [0, 0.05) is 6.04 Å². The second kappa shape index (κ2) is 4.54. The van der Waals surface area contributed by atoms with E-state index in [0.717, 1.165) is 31.1 Å². The van der Waals surface area contributed by atoms with E-state index in [-0.39, 0.29) is 17.1 Å². The van der Waals surface area contributed by atoms with Gasteiger partial charge in [-0.1, -0.05) is 25.5 Å². The number of carbonyl (C=O) groups excluding carboxylic acids is 1. The first-order valence-electron chi connectivity index (χ1n) is 9.99. The summed E-state index contributed by atoms with van der Waals surface area (Å²) in [7, 11) is 0. The number of aliphatic hydroxyl groups excluding tert-OH is 1. The van der Waals surface area contributed by atoms with Crippen LogP contribution in [0.4, 0.5) is 0 Å². The summed E-state index contributed by atoms with van der Waals surface area (Å²) in [6, 6.07) is 0.440. The van der Waals surface area contributed by atoms with Crippen molar-refractivity contribution in [2.24, 2.45) is 28.6 Å². The van der Waals surface area contributed by atoms with Gasteiger partial charge < -0.3 is 5.11 Å². The molecule has 0 aromatic rings. The quantitative estimate of drug-likeness (QED) is 0.573. The second-order valence-electron chi connectivity index (χ2n) is 9.91. The van der Waals surface area contributed by atoms with Crippen LogP contribution < -0.4 is 5.32 Å². The molecule has 5 aliphatic rings. The van der Waals surface area contributed by atoms with Gasteiger partial charge in [-0.05, 0) is 80.5 Å². The number of nitrogens with one attached hydrogen (secondary N) is 1. The van der Waals surface area contributed by atoms with E-state index in [4.69, 9.17) is 0 Å². The van der Waals surface area contributed by atoms with Gasteiger partial charge in [-0.3, -0.25) is 10.1 Å². The van der Waals surface area contributed by atoms with Gasteiger partial charge in [0.2, 0.25) is 0 Å². The summed E-state index contributed by atoms with van der Waals surface area (Å²) < 4.78 is 0. The lowest BCUT2D eigenvalue weighted by molar-refractivity contribution is -0.126. The van der Waals surface area contributed by atoms with E-state index in [9.17, 15) is 9.90 Å². The normalized spacial score (nSPS) is 58.0. The molecule has 1 aliphatic heterocycles. The summed E-state index contributed by atoms with van der Waals surface area (Å²) in [5.41, 5.74) is 1.79. The first kappa shape index (κ1) is 15.6. The van der Waals surface area contributed by atoms with Gasteiger partial charge in [-0.2, -0.15) is 0 Å². The molecule has 3 heteroatoms. The fourth-order valence-electron chi connectivity index (χ4n) is 7.92. The van der Waals surface area contributed by atoms with Crippen LogP contribution in [-0.4, -0.2) is 28.6 Å². The van der Waals surface area contributed by atoms with Crippen LogP contribution in [0.5, 0.6) is 0 Å². The molecule has 0 aromatic heterocycles. The Kier molecular flexibility index (Phi) is 2.94. The van der Waals surface area contributed by atoms with Crippen molar-refractivity contribution in [3.8, 4) is 0 Å². The standard InChI is InChI=1S/C21H31NO2/c1-12(23)21-18(22-21)11-17-15-5-4-13-10-14(24)6-8-19(13,2)16(15)7-9-20(17,21)3/h4,14-18,22,24H,5-11H2,1-3H3/t14-,15-,16+,17+,18+,19-,20-,21+/m0/s1. The number of hydrogen-bond acceptors (Lipinski definition) is 3. The Morgan fingerprint density at radius 1 is 1.25 bits per heavy atom. The van der Waals surface area contributed by atoms with Gasteiger partial charge in [0.25, 0.3) is 0 Å². The van der Waals surface area contributed by atoms with Crippen LogP contribution in [0.25, 0.3) is 0 Å².